The Labute approximate surface area is 169 Å². The minimum Gasteiger partial charge on any atom is -0.359 e. The van der Waals surface area contributed by atoms with Gasteiger partial charge in [-0.1, -0.05) is 57.1 Å². The first kappa shape index (κ1) is 22.0. The van der Waals surface area contributed by atoms with Gasteiger partial charge in [-0.25, -0.2) is 4.99 Å². The summed E-state index contributed by atoms with van der Waals surface area (Å²) < 4.78 is 5.40. The normalized spacial score (nSPS) is 12.0. The van der Waals surface area contributed by atoms with Crippen LogP contribution >= 0.6 is 0 Å². The van der Waals surface area contributed by atoms with Crippen molar-refractivity contribution in [3.63, 3.8) is 0 Å². The van der Waals surface area contributed by atoms with Crippen LogP contribution in [0.3, 0.4) is 0 Å². The Kier molecular flexibility index (Phi) is 9.01. The van der Waals surface area contributed by atoms with Crippen molar-refractivity contribution in [2.24, 2.45) is 4.99 Å². The van der Waals surface area contributed by atoms with Crippen LogP contribution in [0.15, 0.2) is 39.8 Å². The van der Waals surface area contributed by atoms with E-state index in [9.17, 15) is 0 Å². The fourth-order valence-electron chi connectivity index (χ4n) is 2.92. The van der Waals surface area contributed by atoms with Crippen molar-refractivity contribution < 1.29 is 4.52 Å². The van der Waals surface area contributed by atoms with Gasteiger partial charge in [-0.2, -0.15) is 0 Å². The van der Waals surface area contributed by atoms with E-state index in [0.29, 0.717) is 19.0 Å². The third kappa shape index (κ3) is 6.68. The highest BCUT2D eigenvalue weighted by Crippen LogP contribution is 2.14. The molecule has 0 aliphatic heterocycles. The molecular formula is C22H35N5O. The summed E-state index contributed by atoms with van der Waals surface area (Å²) >= 11 is 0. The molecule has 28 heavy (non-hydrogen) atoms. The summed E-state index contributed by atoms with van der Waals surface area (Å²) in [6, 6.07) is 10.5. The molecule has 154 valence electrons. The van der Waals surface area contributed by atoms with Crippen LogP contribution in [-0.4, -0.2) is 35.7 Å². The largest absolute Gasteiger partial charge is 0.359 e. The van der Waals surface area contributed by atoms with Gasteiger partial charge in [-0.05, 0) is 37.1 Å². The number of aromatic nitrogens is 1. The van der Waals surface area contributed by atoms with Crippen LogP contribution < -0.4 is 10.6 Å². The van der Waals surface area contributed by atoms with Crippen molar-refractivity contribution in [2.75, 3.05) is 19.6 Å². The van der Waals surface area contributed by atoms with Gasteiger partial charge in [-0.3, -0.25) is 4.90 Å². The maximum atomic E-state index is 5.40. The second-order valence-corrected chi connectivity index (χ2v) is 7.15. The van der Waals surface area contributed by atoms with Crippen LogP contribution in [0, 0.1) is 0 Å². The van der Waals surface area contributed by atoms with Crippen LogP contribution in [0.5, 0.6) is 0 Å². The maximum Gasteiger partial charge on any atom is 0.191 e. The van der Waals surface area contributed by atoms with Gasteiger partial charge in [0, 0.05) is 19.2 Å². The molecule has 0 spiro atoms. The minimum absolute atomic E-state index is 0.363. The fraction of sp³-hybridized carbons (Fsp3) is 0.545. The third-order valence-electron chi connectivity index (χ3n) is 4.76. The van der Waals surface area contributed by atoms with Crippen molar-refractivity contribution >= 4 is 5.96 Å². The molecular weight excluding hydrogens is 350 g/mol. The van der Waals surface area contributed by atoms with Gasteiger partial charge in [0.25, 0.3) is 0 Å². The Bertz CT molecular complexity index is 734. The Balaban J connectivity index is 2.03. The molecule has 0 saturated carbocycles. The number of rotatable bonds is 10. The predicted molar refractivity (Wildman–Crippen MR) is 115 cm³/mol. The first-order valence-corrected chi connectivity index (χ1v) is 10.3. The lowest BCUT2D eigenvalue weighted by molar-refractivity contribution is 0.295. The second kappa shape index (κ2) is 11.5. The van der Waals surface area contributed by atoms with E-state index in [1.807, 2.05) is 6.07 Å². The molecule has 2 rings (SSSR count). The Morgan fingerprint density at radius 1 is 1.11 bits per heavy atom. The molecule has 0 aliphatic rings. The van der Waals surface area contributed by atoms with E-state index in [2.05, 4.69) is 79.6 Å². The molecule has 0 bridgehead atoms. The standard InChI is InChI=1S/C22H35N5O/c1-6-23-22(25-15-20-13-21(17(4)5)26-28-20)24-14-18-11-9-10-12-19(18)16-27(7-2)8-3/h9-13,17H,6-8,14-16H2,1-5H3,(H2,23,24,25). The number of hydrogen-bond acceptors (Lipinski definition) is 4. The highest BCUT2D eigenvalue weighted by Gasteiger charge is 2.09. The summed E-state index contributed by atoms with van der Waals surface area (Å²) in [5, 5.41) is 10.7. The highest BCUT2D eigenvalue weighted by atomic mass is 16.5. The van der Waals surface area contributed by atoms with Gasteiger partial charge in [0.2, 0.25) is 0 Å². The van der Waals surface area contributed by atoms with Crippen molar-refractivity contribution in [3.05, 3.63) is 52.9 Å². The smallest absolute Gasteiger partial charge is 0.191 e. The summed E-state index contributed by atoms with van der Waals surface area (Å²) in [6.45, 7) is 15.7. The molecule has 2 aromatic rings. The van der Waals surface area contributed by atoms with Crippen LogP contribution in [0.25, 0.3) is 0 Å². The van der Waals surface area contributed by atoms with E-state index < -0.39 is 0 Å². The monoisotopic (exact) mass is 385 g/mol. The Hall–Kier alpha value is -2.34. The van der Waals surface area contributed by atoms with Crippen molar-refractivity contribution in [1.82, 2.24) is 20.7 Å². The number of aliphatic imine (C=N–C) groups is 1. The number of benzene rings is 1. The Morgan fingerprint density at radius 2 is 1.82 bits per heavy atom. The molecule has 0 radical (unpaired) electrons. The summed E-state index contributed by atoms with van der Waals surface area (Å²) in [7, 11) is 0. The molecule has 0 saturated heterocycles. The molecule has 6 nitrogen and oxygen atoms in total. The fourth-order valence-corrected chi connectivity index (χ4v) is 2.92. The van der Waals surface area contributed by atoms with Gasteiger partial charge >= 0.3 is 0 Å². The number of hydrogen-bond donors (Lipinski definition) is 2. The molecule has 2 N–H and O–H groups in total. The lowest BCUT2D eigenvalue weighted by Gasteiger charge is -2.20. The average molecular weight is 386 g/mol. The molecule has 0 aliphatic carbocycles. The first-order valence-electron chi connectivity index (χ1n) is 10.3. The predicted octanol–water partition coefficient (Wildman–Crippen LogP) is 3.90. The van der Waals surface area contributed by atoms with E-state index >= 15 is 0 Å². The molecule has 1 aromatic heterocycles. The van der Waals surface area contributed by atoms with Crippen molar-refractivity contribution in [2.45, 2.75) is 60.2 Å². The van der Waals surface area contributed by atoms with Gasteiger partial charge in [0.1, 0.15) is 0 Å². The number of guanidine groups is 1. The van der Waals surface area contributed by atoms with E-state index in [1.165, 1.54) is 11.1 Å². The second-order valence-electron chi connectivity index (χ2n) is 7.15. The minimum atomic E-state index is 0.363. The van der Waals surface area contributed by atoms with Crippen LogP contribution in [-0.2, 0) is 19.6 Å². The summed E-state index contributed by atoms with van der Waals surface area (Å²) in [5.74, 6) is 1.96. The number of nitrogens with zero attached hydrogens (tertiary/aromatic N) is 3. The summed E-state index contributed by atoms with van der Waals surface area (Å²) in [6.07, 6.45) is 0. The highest BCUT2D eigenvalue weighted by molar-refractivity contribution is 5.79. The molecule has 0 atom stereocenters. The summed E-state index contributed by atoms with van der Waals surface area (Å²) in [4.78, 5) is 7.19. The van der Waals surface area contributed by atoms with Gasteiger partial charge in [0.15, 0.2) is 11.7 Å². The lowest BCUT2D eigenvalue weighted by Crippen LogP contribution is -2.36. The lowest BCUT2D eigenvalue weighted by atomic mass is 10.1. The van der Waals surface area contributed by atoms with Gasteiger partial charge in [0.05, 0.1) is 18.8 Å². The topological polar surface area (TPSA) is 65.7 Å². The van der Waals surface area contributed by atoms with Gasteiger partial charge in [-0.15, -0.1) is 0 Å². The van der Waals surface area contributed by atoms with Crippen molar-refractivity contribution in [1.29, 1.82) is 0 Å². The van der Waals surface area contributed by atoms with Crippen LogP contribution in [0.2, 0.25) is 0 Å². The van der Waals surface area contributed by atoms with E-state index in [0.717, 1.165) is 43.6 Å². The van der Waals surface area contributed by atoms with Crippen LogP contribution in [0.1, 0.15) is 63.1 Å². The van der Waals surface area contributed by atoms with Gasteiger partial charge < -0.3 is 15.2 Å². The van der Waals surface area contributed by atoms with Crippen LogP contribution in [0.4, 0.5) is 0 Å². The number of nitrogens with one attached hydrogen (secondary N) is 2. The maximum absolute atomic E-state index is 5.40. The van der Waals surface area contributed by atoms with E-state index in [-0.39, 0.29) is 0 Å². The molecule has 1 heterocycles. The zero-order chi connectivity index (χ0) is 20.4. The molecule has 0 fully saturated rings. The zero-order valence-electron chi connectivity index (χ0n) is 18.0. The van der Waals surface area contributed by atoms with Crippen molar-refractivity contribution in [3.8, 4) is 0 Å². The first-order chi connectivity index (χ1) is 13.6. The molecule has 0 amide bonds. The molecule has 0 unspecified atom stereocenters. The molecule has 6 heteroatoms. The quantitative estimate of drug-likeness (QED) is 0.480. The zero-order valence-corrected chi connectivity index (χ0v) is 18.0. The summed E-state index contributed by atoms with van der Waals surface area (Å²) in [5.41, 5.74) is 3.57. The molecule has 1 aromatic carbocycles. The SMILES string of the molecule is CCNC(=NCc1ccccc1CN(CC)CC)NCc1cc(C(C)C)no1. The third-order valence-corrected chi connectivity index (χ3v) is 4.76. The average Bonchev–Trinajstić information content (AvgIpc) is 3.18. The Morgan fingerprint density at radius 3 is 2.43 bits per heavy atom. The van der Waals surface area contributed by atoms with E-state index in [1.54, 1.807) is 0 Å². The van der Waals surface area contributed by atoms with E-state index in [4.69, 9.17) is 9.52 Å².